The maximum Gasteiger partial charge on any atom is 0.328 e. The van der Waals surface area contributed by atoms with E-state index in [2.05, 4.69) is 21.1 Å². The number of para-hydroxylation sites is 1. The number of hydrogen-bond donors (Lipinski definition) is 3. The quantitative estimate of drug-likeness (QED) is 0.202. The minimum atomic E-state index is -0.824. The Labute approximate surface area is 235 Å². The summed E-state index contributed by atoms with van der Waals surface area (Å²) in [6.45, 7) is 3.58. The van der Waals surface area contributed by atoms with Gasteiger partial charge in [0.1, 0.15) is 17.5 Å². The molecule has 4 rings (SSSR count). The summed E-state index contributed by atoms with van der Waals surface area (Å²) in [6, 6.07) is 21.0. The standard InChI is InChI=1S/C29H27ClN4O6/c1-17(2)26(28(36)38-3)33-27(35)25-16-22(34-40-25)18-9-12-20(13-10-18)31-29(37)32-23-15-19(30)11-14-24(23)39-21-7-5-4-6-8-21/h4-17,26H,1-3H3,(H,33,35)(H2,31,32,37)/t26-/m0/s1. The van der Waals surface area contributed by atoms with Crippen LogP contribution in [0.5, 0.6) is 11.5 Å². The Kier molecular flexibility index (Phi) is 9.03. The molecule has 1 aromatic heterocycles. The molecule has 0 aliphatic rings. The maximum atomic E-state index is 12.7. The molecule has 1 heterocycles. The smallest absolute Gasteiger partial charge is 0.328 e. The van der Waals surface area contributed by atoms with Gasteiger partial charge in [0.15, 0.2) is 5.75 Å². The Bertz CT molecular complexity index is 1490. The van der Waals surface area contributed by atoms with E-state index in [1.807, 2.05) is 18.2 Å². The highest BCUT2D eigenvalue weighted by atomic mass is 35.5. The van der Waals surface area contributed by atoms with Crippen LogP contribution < -0.4 is 20.7 Å². The van der Waals surface area contributed by atoms with Gasteiger partial charge in [0.2, 0.25) is 5.76 Å². The van der Waals surface area contributed by atoms with Gasteiger partial charge in [0.05, 0.1) is 12.8 Å². The van der Waals surface area contributed by atoms with E-state index in [4.69, 9.17) is 25.6 Å². The number of methoxy groups -OCH3 is 1. The number of esters is 1. The normalized spacial score (nSPS) is 11.4. The number of carbonyl (C=O) groups excluding carboxylic acids is 3. The number of ether oxygens (including phenoxy) is 2. The lowest BCUT2D eigenvalue weighted by Gasteiger charge is -2.18. The predicted molar refractivity (Wildman–Crippen MR) is 151 cm³/mol. The highest BCUT2D eigenvalue weighted by Crippen LogP contribution is 2.32. The number of urea groups is 1. The summed E-state index contributed by atoms with van der Waals surface area (Å²) in [5.41, 5.74) is 1.95. The minimum Gasteiger partial charge on any atom is -0.467 e. The summed E-state index contributed by atoms with van der Waals surface area (Å²) in [4.78, 5) is 37.2. The number of hydrogen-bond acceptors (Lipinski definition) is 7. The van der Waals surface area contributed by atoms with E-state index >= 15 is 0 Å². The van der Waals surface area contributed by atoms with Crippen molar-refractivity contribution in [1.82, 2.24) is 10.5 Å². The summed E-state index contributed by atoms with van der Waals surface area (Å²) < 4.78 is 15.8. The van der Waals surface area contributed by atoms with Crippen LogP contribution in [0.4, 0.5) is 16.2 Å². The molecule has 0 fully saturated rings. The Morgan fingerprint density at radius 3 is 2.33 bits per heavy atom. The Morgan fingerprint density at radius 2 is 1.65 bits per heavy atom. The van der Waals surface area contributed by atoms with E-state index < -0.39 is 23.9 Å². The number of aromatic nitrogens is 1. The molecule has 11 heteroatoms. The molecule has 206 valence electrons. The van der Waals surface area contributed by atoms with Crippen LogP contribution in [0, 0.1) is 5.92 Å². The summed E-state index contributed by atoms with van der Waals surface area (Å²) in [6.07, 6.45) is 0. The fourth-order valence-corrected chi connectivity index (χ4v) is 3.84. The Balaban J connectivity index is 1.39. The molecular formula is C29H27ClN4O6. The first-order valence-electron chi connectivity index (χ1n) is 12.3. The molecule has 3 amide bonds. The van der Waals surface area contributed by atoms with Crippen molar-refractivity contribution in [2.24, 2.45) is 5.92 Å². The number of amides is 3. The molecule has 3 aromatic carbocycles. The first kappa shape index (κ1) is 28.2. The Morgan fingerprint density at radius 1 is 0.925 bits per heavy atom. The fraction of sp³-hybridized carbons (Fsp3) is 0.172. The summed E-state index contributed by atoms with van der Waals surface area (Å²) in [5, 5.41) is 12.5. The van der Waals surface area contributed by atoms with Gasteiger partial charge in [-0.25, -0.2) is 9.59 Å². The molecule has 0 aliphatic carbocycles. The van der Waals surface area contributed by atoms with Crippen LogP contribution in [0.15, 0.2) is 83.4 Å². The number of nitrogens with one attached hydrogen (secondary N) is 3. The van der Waals surface area contributed by atoms with Crippen LogP contribution in [0.25, 0.3) is 11.3 Å². The van der Waals surface area contributed by atoms with Gasteiger partial charge in [-0.15, -0.1) is 0 Å². The summed E-state index contributed by atoms with van der Waals surface area (Å²) in [5.74, 6) is -0.335. The first-order chi connectivity index (χ1) is 19.2. The van der Waals surface area contributed by atoms with Crippen LogP contribution >= 0.6 is 11.6 Å². The van der Waals surface area contributed by atoms with Gasteiger partial charge >= 0.3 is 12.0 Å². The van der Waals surface area contributed by atoms with Gasteiger partial charge in [-0.3, -0.25) is 4.79 Å². The lowest BCUT2D eigenvalue weighted by molar-refractivity contribution is -0.144. The number of carbonyl (C=O) groups is 3. The van der Waals surface area contributed by atoms with Crippen molar-refractivity contribution < 1.29 is 28.4 Å². The molecule has 0 saturated heterocycles. The highest BCUT2D eigenvalue weighted by Gasteiger charge is 2.27. The van der Waals surface area contributed by atoms with Crippen LogP contribution in [-0.4, -0.2) is 36.2 Å². The topological polar surface area (TPSA) is 132 Å². The van der Waals surface area contributed by atoms with Gasteiger partial charge in [-0.05, 0) is 48.4 Å². The third-order valence-corrected chi connectivity index (χ3v) is 5.98. The SMILES string of the molecule is COC(=O)[C@@H](NC(=O)c1cc(-c2ccc(NC(=O)Nc3cc(Cl)ccc3Oc3ccccc3)cc2)no1)C(C)C. The third kappa shape index (κ3) is 7.17. The average molecular weight is 563 g/mol. The molecule has 0 aliphatic heterocycles. The second-order valence-electron chi connectivity index (χ2n) is 9.01. The van der Waals surface area contributed by atoms with Gasteiger partial charge < -0.3 is 29.9 Å². The van der Waals surface area contributed by atoms with Gasteiger partial charge in [-0.2, -0.15) is 0 Å². The van der Waals surface area contributed by atoms with Gasteiger partial charge in [0.25, 0.3) is 5.91 Å². The Hall–Kier alpha value is -4.83. The van der Waals surface area contributed by atoms with Crippen molar-refractivity contribution >= 4 is 40.9 Å². The molecule has 0 unspecified atom stereocenters. The van der Waals surface area contributed by atoms with E-state index in [-0.39, 0.29) is 11.7 Å². The van der Waals surface area contributed by atoms with Crippen molar-refractivity contribution in [2.45, 2.75) is 19.9 Å². The third-order valence-electron chi connectivity index (χ3n) is 5.74. The van der Waals surface area contributed by atoms with E-state index in [0.717, 1.165) is 0 Å². The molecule has 3 N–H and O–H groups in total. The van der Waals surface area contributed by atoms with Crippen molar-refractivity contribution in [1.29, 1.82) is 0 Å². The number of rotatable bonds is 9. The van der Waals surface area contributed by atoms with Crippen molar-refractivity contribution in [3.8, 4) is 22.8 Å². The molecule has 10 nitrogen and oxygen atoms in total. The lowest BCUT2D eigenvalue weighted by atomic mass is 10.0. The molecule has 40 heavy (non-hydrogen) atoms. The van der Waals surface area contributed by atoms with Crippen molar-refractivity contribution in [3.63, 3.8) is 0 Å². The number of benzene rings is 3. The fourth-order valence-electron chi connectivity index (χ4n) is 3.67. The highest BCUT2D eigenvalue weighted by molar-refractivity contribution is 6.31. The van der Waals surface area contributed by atoms with E-state index in [1.165, 1.54) is 13.2 Å². The summed E-state index contributed by atoms with van der Waals surface area (Å²) in [7, 11) is 1.26. The van der Waals surface area contributed by atoms with E-state index in [1.54, 1.807) is 68.4 Å². The summed E-state index contributed by atoms with van der Waals surface area (Å²) >= 11 is 6.13. The number of halogens is 1. The maximum absolute atomic E-state index is 12.7. The monoisotopic (exact) mass is 562 g/mol. The molecule has 0 spiro atoms. The molecule has 0 saturated carbocycles. The first-order valence-corrected chi connectivity index (χ1v) is 12.7. The lowest BCUT2D eigenvalue weighted by Crippen LogP contribution is -2.44. The largest absolute Gasteiger partial charge is 0.467 e. The zero-order valence-corrected chi connectivity index (χ0v) is 22.7. The van der Waals surface area contributed by atoms with Crippen LogP contribution in [0.2, 0.25) is 5.02 Å². The second kappa shape index (κ2) is 12.8. The van der Waals surface area contributed by atoms with E-state index in [9.17, 15) is 14.4 Å². The number of nitrogens with zero attached hydrogens (tertiary/aromatic N) is 1. The van der Waals surface area contributed by atoms with Crippen LogP contribution in [-0.2, 0) is 9.53 Å². The molecular weight excluding hydrogens is 536 g/mol. The molecule has 0 radical (unpaired) electrons. The zero-order valence-electron chi connectivity index (χ0n) is 21.9. The van der Waals surface area contributed by atoms with Crippen LogP contribution in [0.3, 0.4) is 0 Å². The average Bonchev–Trinajstić information content (AvgIpc) is 3.44. The second-order valence-corrected chi connectivity index (χ2v) is 9.44. The van der Waals surface area contributed by atoms with Crippen molar-refractivity contribution in [2.75, 3.05) is 17.7 Å². The number of anilines is 2. The molecule has 0 bridgehead atoms. The van der Waals surface area contributed by atoms with E-state index in [0.29, 0.717) is 39.2 Å². The predicted octanol–water partition coefficient (Wildman–Crippen LogP) is 6.36. The molecule has 1 atom stereocenters. The molecule has 4 aromatic rings. The zero-order chi connectivity index (χ0) is 28.6. The van der Waals surface area contributed by atoms with Crippen molar-refractivity contribution in [3.05, 3.63) is 89.6 Å². The van der Waals surface area contributed by atoms with Gasteiger partial charge in [-0.1, -0.05) is 60.9 Å². The minimum absolute atomic E-state index is 0.0545. The van der Waals surface area contributed by atoms with Gasteiger partial charge in [0, 0.05) is 22.3 Å². The van der Waals surface area contributed by atoms with Crippen LogP contribution in [0.1, 0.15) is 24.4 Å².